The highest BCUT2D eigenvalue weighted by atomic mass is 19.2. The lowest BCUT2D eigenvalue weighted by molar-refractivity contribution is 0.248. The predicted octanol–water partition coefficient (Wildman–Crippen LogP) is 3.96. The molecule has 2 heterocycles. The Labute approximate surface area is 175 Å². The van der Waals surface area contributed by atoms with Gasteiger partial charge in [-0.2, -0.15) is 4.98 Å². The summed E-state index contributed by atoms with van der Waals surface area (Å²) in [5, 5.41) is 12.6. The van der Waals surface area contributed by atoms with Crippen LogP contribution in [-0.2, 0) is 0 Å². The van der Waals surface area contributed by atoms with Gasteiger partial charge in [0.25, 0.3) is 0 Å². The van der Waals surface area contributed by atoms with Crippen molar-refractivity contribution in [3.05, 3.63) is 59.9 Å². The molecule has 0 fully saturated rings. The summed E-state index contributed by atoms with van der Waals surface area (Å²) >= 11 is 0. The van der Waals surface area contributed by atoms with Crippen molar-refractivity contribution in [3.63, 3.8) is 0 Å². The molecule has 3 aromatic rings. The molecule has 7 nitrogen and oxygen atoms in total. The van der Waals surface area contributed by atoms with Gasteiger partial charge in [0.05, 0.1) is 18.3 Å². The molecule has 0 saturated carbocycles. The summed E-state index contributed by atoms with van der Waals surface area (Å²) in [6.07, 6.45) is 3.13. The van der Waals surface area contributed by atoms with Gasteiger partial charge < -0.3 is 10.4 Å². The summed E-state index contributed by atoms with van der Waals surface area (Å²) in [6, 6.07) is 4.63. The molecule has 1 aromatic carbocycles. The van der Waals surface area contributed by atoms with Gasteiger partial charge in [0, 0.05) is 30.1 Å². The normalized spacial score (nSPS) is 12.0. The second kappa shape index (κ2) is 9.56. The molecular formula is C20H20F4N6O. The van der Waals surface area contributed by atoms with E-state index < -0.39 is 29.0 Å². The molecule has 31 heavy (non-hydrogen) atoms. The van der Waals surface area contributed by atoms with E-state index in [1.54, 1.807) is 24.5 Å². The maximum Gasteiger partial charge on any atom is 0.225 e. The first-order valence-electron chi connectivity index (χ1n) is 9.32. The quantitative estimate of drug-likeness (QED) is 0.241. The fourth-order valence-corrected chi connectivity index (χ4v) is 2.64. The number of hydrogen-bond donors (Lipinski definition) is 4. The Morgan fingerprint density at radius 3 is 2.29 bits per heavy atom. The van der Waals surface area contributed by atoms with E-state index in [1.807, 2.05) is 13.8 Å². The maximum absolute atomic E-state index is 13.9. The molecule has 4 N–H and O–H groups in total. The minimum absolute atomic E-state index is 0.0419. The van der Waals surface area contributed by atoms with Gasteiger partial charge >= 0.3 is 0 Å². The van der Waals surface area contributed by atoms with E-state index in [4.69, 9.17) is 0 Å². The smallest absolute Gasteiger partial charge is 0.225 e. The lowest BCUT2D eigenvalue weighted by Crippen LogP contribution is -2.30. The van der Waals surface area contributed by atoms with E-state index >= 15 is 0 Å². The molecule has 0 aliphatic rings. The zero-order chi connectivity index (χ0) is 22.5. The molecule has 0 amide bonds. The van der Waals surface area contributed by atoms with Crippen LogP contribution in [-0.4, -0.2) is 32.7 Å². The molecule has 0 bridgehead atoms. The minimum atomic E-state index is -1.59. The Balaban J connectivity index is 1.95. The van der Waals surface area contributed by atoms with Crippen molar-refractivity contribution < 1.29 is 22.7 Å². The zero-order valence-corrected chi connectivity index (χ0v) is 16.6. The van der Waals surface area contributed by atoms with Gasteiger partial charge in [0.2, 0.25) is 5.95 Å². The first-order chi connectivity index (χ1) is 14.8. The third kappa shape index (κ3) is 5.18. The number of halogens is 4. The van der Waals surface area contributed by atoms with Gasteiger partial charge in [-0.15, -0.1) is 0 Å². The van der Waals surface area contributed by atoms with Crippen LogP contribution in [0.1, 0.15) is 13.8 Å². The van der Waals surface area contributed by atoms with E-state index in [0.29, 0.717) is 11.3 Å². The highest BCUT2D eigenvalue weighted by molar-refractivity contribution is 5.64. The average molecular weight is 436 g/mol. The highest BCUT2D eigenvalue weighted by Gasteiger charge is 2.20. The number of hydrazine groups is 1. The fourth-order valence-electron chi connectivity index (χ4n) is 2.64. The molecule has 11 heteroatoms. The number of benzene rings is 1. The Bertz CT molecular complexity index is 1030. The maximum atomic E-state index is 13.9. The van der Waals surface area contributed by atoms with Crippen LogP contribution in [0.5, 0.6) is 0 Å². The van der Waals surface area contributed by atoms with Crippen molar-refractivity contribution in [2.24, 2.45) is 5.92 Å². The minimum Gasteiger partial charge on any atom is -0.394 e. The standard InChI is InChI=1S/C20H20F4N6O/c1-10(2)15(9-31)27-20-26-14(11-4-3-5-25-8-11)7-16(28-20)29-30-19-17(23)12(21)6-13(22)18(19)24/h3-8,10,15,30-31H,9H2,1-2H3,(H2,26,27,28,29)/t15-/m0/s1. The third-order valence-corrected chi connectivity index (χ3v) is 4.43. The van der Waals surface area contributed by atoms with E-state index in [-0.39, 0.29) is 36.4 Å². The van der Waals surface area contributed by atoms with Crippen LogP contribution in [0.2, 0.25) is 0 Å². The number of anilines is 3. The zero-order valence-electron chi connectivity index (χ0n) is 16.6. The average Bonchev–Trinajstić information content (AvgIpc) is 2.76. The number of rotatable bonds is 8. The summed E-state index contributed by atoms with van der Waals surface area (Å²) in [7, 11) is 0. The van der Waals surface area contributed by atoms with Crippen LogP contribution in [0.3, 0.4) is 0 Å². The van der Waals surface area contributed by atoms with Crippen LogP contribution in [0.4, 0.5) is 35.0 Å². The number of aliphatic hydroxyl groups is 1. The van der Waals surface area contributed by atoms with Gasteiger partial charge in [-0.25, -0.2) is 22.5 Å². The molecule has 164 valence electrons. The molecule has 0 aliphatic carbocycles. The van der Waals surface area contributed by atoms with E-state index in [9.17, 15) is 22.7 Å². The van der Waals surface area contributed by atoms with Crippen LogP contribution in [0.15, 0.2) is 36.7 Å². The van der Waals surface area contributed by atoms with Crippen molar-refractivity contribution in [2.75, 3.05) is 22.8 Å². The lowest BCUT2D eigenvalue weighted by Gasteiger charge is -2.21. The lowest BCUT2D eigenvalue weighted by atomic mass is 10.1. The Morgan fingerprint density at radius 1 is 1.00 bits per heavy atom. The van der Waals surface area contributed by atoms with Gasteiger partial charge in [-0.05, 0) is 18.1 Å². The second-order valence-corrected chi connectivity index (χ2v) is 6.97. The highest BCUT2D eigenvalue weighted by Crippen LogP contribution is 2.25. The molecule has 0 unspecified atom stereocenters. The first-order valence-corrected chi connectivity index (χ1v) is 9.32. The van der Waals surface area contributed by atoms with Gasteiger partial charge in [-0.3, -0.25) is 15.8 Å². The third-order valence-electron chi connectivity index (χ3n) is 4.43. The largest absolute Gasteiger partial charge is 0.394 e. The molecule has 0 aliphatic heterocycles. The number of aromatic nitrogens is 3. The second-order valence-electron chi connectivity index (χ2n) is 6.97. The molecule has 0 radical (unpaired) electrons. The monoisotopic (exact) mass is 436 g/mol. The van der Waals surface area contributed by atoms with E-state index in [2.05, 4.69) is 31.1 Å². The summed E-state index contributed by atoms with van der Waals surface area (Å²) in [5.74, 6) is -6.08. The Hall–Kier alpha value is -3.47. The topological polar surface area (TPSA) is 95.0 Å². The molecule has 3 rings (SSSR count). The van der Waals surface area contributed by atoms with Gasteiger partial charge in [0.1, 0.15) is 5.69 Å². The summed E-state index contributed by atoms with van der Waals surface area (Å²) in [6.45, 7) is 3.60. The number of hydrogen-bond acceptors (Lipinski definition) is 7. The Kier molecular flexibility index (Phi) is 6.85. The van der Waals surface area contributed by atoms with Crippen LogP contribution < -0.4 is 16.2 Å². The molecule has 1 atom stereocenters. The van der Waals surface area contributed by atoms with E-state index in [1.165, 1.54) is 6.07 Å². The number of nitrogens with one attached hydrogen (secondary N) is 3. The van der Waals surface area contributed by atoms with Crippen molar-refractivity contribution >= 4 is 17.5 Å². The van der Waals surface area contributed by atoms with E-state index in [0.717, 1.165) is 0 Å². The van der Waals surface area contributed by atoms with Crippen LogP contribution >= 0.6 is 0 Å². The predicted molar refractivity (Wildman–Crippen MR) is 108 cm³/mol. The van der Waals surface area contributed by atoms with Crippen LogP contribution in [0.25, 0.3) is 11.3 Å². The SMILES string of the molecule is CC(C)[C@H](CO)Nc1nc(NNc2c(F)c(F)cc(F)c2F)cc(-c2cccnc2)n1. The van der Waals surface area contributed by atoms with Crippen molar-refractivity contribution in [2.45, 2.75) is 19.9 Å². The number of pyridine rings is 1. The van der Waals surface area contributed by atoms with Crippen molar-refractivity contribution in [3.8, 4) is 11.3 Å². The summed E-state index contributed by atoms with van der Waals surface area (Å²) < 4.78 is 54.7. The molecule has 0 saturated heterocycles. The summed E-state index contributed by atoms with van der Waals surface area (Å²) in [4.78, 5) is 12.6. The number of nitrogens with zero attached hydrogens (tertiary/aromatic N) is 3. The number of aliphatic hydroxyl groups excluding tert-OH is 1. The van der Waals surface area contributed by atoms with Crippen molar-refractivity contribution in [1.82, 2.24) is 15.0 Å². The van der Waals surface area contributed by atoms with Gasteiger partial charge in [-0.1, -0.05) is 13.8 Å². The van der Waals surface area contributed by atoms with Crippen molar-refractivity contribution in [1.29, 1.82) is 0 Å². The van der Waals surface area contributed by atoms with Gasteiger partial charge in [0.15, 0.2) is 29.1 Å². The van der Waals surface area contributed by atoms with Crippen LogP contribution in [0, 0.1) is 29.2 Å². The first kappa shape index (κ1) is 22.2. The molecule has 0 spiro atoms. The molecule has 2 aromatic heterocycles. The molecular weight excluding hydrogens is 416 g/mol. The summed E-state index contributed by atoms with van der Waals surface area (Å²) in [5.41, 5.74) is 4.53. The Morgan fingerprint density at radius 2 is 1.71 bits per heavy atom. The fraction of sp³-hybridized carbons (Fsp3) is 0.250.